The molecule has 0 amide bonds. The average Bonchev–Trinajstić information content (AvgIpc) is 3.07. The van der Waals surface area contributed by atoms with Crippen LogP contribution in [-0.2, 0) is 18.5 Å². The number of hydrogen-bond acceptors (Lipinski definition) is 4. The molecule has 2 heterocycles. The summed E-state index contributed by atoms with van der Waals surface area (Å²) in [6, 6.07) is 12.2. The van der Waals surface area contributed by atoms with Crippen LogP contribution in [-0.4, -0.2) is 14.2 Å². The fraction of sp³-hybridized carbons (Fsp3) is 0.211. The predicted octanol–water partition coefficient (Wildman–Crippen LogP) is 3.17. The highest BCUT2D eigenvalue weighted by Crippen LogP contribution is 2.34. The minimum absolute atomic E-state index is 0.496. The predicted molar refractivity (Wildman–Crippen MR) is 89.1 cm³/mol. The molecule has 24 heavy (non-hydrogen) atoms. The highest BCUT2D eigenvalue weighted by Gasteiger charge is 2.19. The number of methoxy groups -OCH3 is 2. The maximum Gasteiger partial charge on any atom is 0.213 e. The molecule has 1 aromatic heterocycles. The SMILES string of the molecule is COc1cc2cc(-c3ccc4c(c3)OOC4)[n+](C)cc2cc1OC. The second-order valence-corrected chi connectivity index (χ2v) is 5.77. The maximum atomic E-state index is 5.41. The van der Waals surface area contributed by atoms with E-state index >= 15 is 0 Å². The third kappa shape index (κ3) is 2.34. The van der Waals surface area contributed by atoms with Gasteiger partial charge in [-0.1, -0.05) is 6.07 Å². The summed E-state index contributed by atoms with van der Waals surface area (Å²) in [5, 5.41) is 2.16. The molecule has 2 aromatic carbocycles. The zero-order chi connectivity index (χ0) is 16.7. The fourth-order valence-electron chi connectivity index (χ4n) is 3.03. The second-order valence-electron chi connectivity index (χ2n) is 5.77. The summed E-state index contributed by atoms with van der Waals surface area (Å²) in [7, 11) is 5.31. The van der Waals surface area contributed by atoms with Crippen LogP contribution in [0.3, 0.4) is 0 Å². The van der Waals surface area contributed by atoms with Crippen molar-refractivity contribution in [1.82, 2.24) is 0 Å². The van der Waals surface area contributed by atoms with Crippen molar-refractivity contribution in [1.29, 1.82) is 0 Å². The standard InChI is InChI=1S/C19H18NO4/c1-20-10-15-9-19(22-3)18(21-2)8-14(15)6-16(20)12-4-5-13-11-23-24-17(13)7-12/h4-10H,11H2,1-3H3/q+1. The largest absolute Gasteiger partial charge is 0.493 e. The van der Waals surface area contributed by atoms with E-state index in [0.29, 0.717) is 6.61 Å². The van der Waals surface area contributed by atoms with Crippen LogP contribution in [0.4, 0.5) is 0 Å². The third-order valence-electron chi connectivity index (χ3n) is 4.32. The van der Waals surface area contributed by atoms with Crippen LogP contribution >= 0.6 is 0 Å². The molecule has 122 valence electrons. The van der Waals surface area contributed by atoms with Gasteiger partial charge in [0.1, 0.15) is 13.7 Å². The van der Waals surface area contributed by atoms with Crippen molar-refractivity contribution in [3.8, 4) is 28.5 Å². The van der Waals surface area contributed by atoms with E-state index in [1.165, 1.54) is 0 Å². The van der Waals surface area contributed by atoms with E-state index in [2.05, 4.69) is 22.9 Å². The molecule has 0 saturated heterocycles. The second kappa shape index (κ2) is 5.69. The zero-order valence-electron chi connectivity index (χ0n) is 13.8. The Bertz CT molecular complexity index is 936. The molecule has 0 unspecified atom stereocenters. The molecule has 1 aliphatic rings. The molecule has 0 aliphatic carbocycles. The topological polar surface area (TPSA) is 40.8 Å². The van der Waals surface area contributed by atoms with Gasteiger partial charge in [0.2, 0.25) is 5.69 Å². The number of rotatable bonds is 3. The van der Waals surface area contributed by atoms with E-state index in [1.54, 1.807) is 14.2 Å². The summed E-state index contributed by atoms with van der Waals surface area (Å²) in [6.07, 6.45) is 2.08. The first-order valence-corrected chi connectivity index (χ1v) is 7.68. The Hall–Kier alpha value is -2.79. The van der Waals surface area contributed by atoms with Crippen molar-refractivity contribution in [2.45, 2.75) is 6.61 Å². The van der Waals surface area contributed by atoms with E-state index in [9.17, 15) is 0 Å². The zero-order valence-corrected chi connectivity index (χ0v) is 13.8. The Morgan fingerprint density at radius 3 is 2.46 bits per heavy atom. The smallest absolute Gasteiger partial charge is 0.213 e. The van der Waals surface area contributed by atoms with Crippen LogP contribution < -0.4 is 18.9 Å². The summed E-state index contributed by atoms with van der Waals surface area (Å²) in [5.74, 6) is 2.22. The molecular weight excluding hydrogens is 306 g/mol. The average molecular weight is 324 g/mol. The first-order valence-electron chi connectivity index (χ1n) is 7.68. The lowest BCUT2D eigenvalue weighted by molar-refractivity contribution is -0.659. The number of fused-ring (bicyclic) bond motifs is 2. The van der Waals surface area contributed by atoms with Gasteiger partial charge in [-0.3, -0.25) is 0 Å². The van der Waals surface area contributed by atoms with E-state index in [0.717, 1.165) is 44.8 Å². The minimum atomic E-state index is 0.496. The van der Waals surface area contributed by atoms with Crippen molar-refractivity contribution in [2.24, 2.45) is 7.05 Å². The Morgan fingerprint density at radius 1 is 0.958 bits per heavy atom. The fourth-order valence-corrected chi connectivity index (χ4v) is 3.03. The number of nitrogens with zero attached hydrogens (tertiary/aromatic N) is 1. The van der Waals surface area contributed by atoms with Gasteiger partial charge in [-0.25, -0.2) is 4.57 Å². The monoisotopic (exact) mass is 324 g/mol. The Labute approximate surface area is 139 Å². The van der Waals surface area contributed by atoms with Crippen molar-refractivity contribution < 1.29 is 23.8 Å². The van der Waals surface area contributed by atoms with Gasteiger partial charge in [-0.2, -0.15) is 4.89 Å². The van der Waals surface area contributed by atoms with Crippen LogP contribution in [0.5, 0.6) is 17.2 Å². The molecule has 4 rings (SSSR count). The summed E-state index contributed by atoms with van der Waals surface area (Å²) in [4.78, 5) is 10.2. The maximum absolute atomic E-state index is 5.41. The number of aromatic nitrogens is 1. The van der Waals surface area contributed by atoms with Crippen molar-refractivity contribution >= 4 is 10.8 Å². The lowest BCUT2D eigenvalue weighted by Gasteiger charge is -2.09. The summed E-state index contributed by atoms with van der Waals surface area (Å²) < 4.78 is 12.9. The van der Waals surface area contributed by atoms with E-state index in [-0.39, 0.29) is 0 Å². The molecule has 0 spiro atoms. The van der Waals surface area contributed by atoms with Crippen LogP contribution in [0.2, 0.25) is 0 Å². The van der Waals surface area contributed by atoms with Crippen molar-refractivity contribution in [3.05, 3.63) is 48.2 Å². The van der Waals surface area contributed by atoms with Gasteiger partial charge >= 0.3 is 0 Å². The molecule has 0 atom stereocenters. The Kier molecular flexibility index (Phi) is 3.50. The van der Waals surface area contributed by atoms with Crippen LogP contribution in [0.1, 0.15) is 5.56 Å². The minimum Gasteiger partial charge on any atom is -0.493 e. The number of ether oxygens (including phenoxy) is 2. The first-order chi connectivity index (χ1) is 11.7. The van der Waals surface area contributed by atoms with Gasteiger partial charge in [-0.15, -0.1) is 0 Å². The molecule has 5 heteroatoms. The van der Waals surface area contributed by atoms with Gasteiger partial charge in [0, 0.05) is 22.6 Å². The van der Waals surface area contributed by atoms with Crippen LogP contribution in [0.25, 0.3) is 22.0 Å². The van der Waals surface area contributed by atoms with Gasteiger partial charge in [-0.05, 0) is 29.7 Å². The highest BCUT2D eigenvalue weighted by atomic mass is 17.2. The molecule has 0 saturated carbocycles. The van der Waals surface area contributed by atoms with Crippen molar-refractivity contribution in [3.63, 3.8) is 0 Å². The number of hydrogen-bond donors (Lipinski definition) is 0. The van der Waals surface area contributed by atoms with Crippen molar-refractivity contribution in [2.75, 3.05) is 14.2 Å². The molecule has 0 radical (unpaired) electrons. The molecule has 5 nitrogen and oxygen atoms in total. The van der Waals surface area contributed by atoms with Gasteiger partial charge < -0.3 is 14.4 Å². The molecule has 0 fully saturated rings. The Morgan fingerprint density at radius 2 is 1.71 bits per heavy atom. The molecule has 3 aromatic rings. The first kappa shape index (κ1) is 14.8. The molecule has 0 bridgehead atoms. The lowest BCUT2D eigenvalue weighted by atomic mass is 10.0. The molecule has 1 aliphatic heterocycles. The Balaban J connectivity index is 1.88. The molecular formula is C19H18NO4+. The summed E-state index contributed by atoms with van der Waals surface area (Å²) in [5.41, 5.74) is 3.21. The normalized spacial score (nSPS) is 12.8. The number of pyridine rings is 1. The van der Waals surface area contributed by atoms with Gasteiger partial charge in [0.15, 0.2) is 23.4 Å². The molecule has 0 N–H and O–H groups in total. The number of aryl methyl sites for hydroxylation is 1. The van der Waals surface area contributed by atoms with E-state index < -0.39 is 0 Å². The summed E-state index contributed by atoms with van der Waals surface area (Å²) in [6.45, 7) is 0.496. The number of benzene rings is 2. The summed E-state index contributed by atoms with van der Waals surface area (Å²) >= 11 is 0. The van der Waals surface area contributed by atoms with Crippen LogP contribution in [0.15, 0.2) is 42.6 Å². The van der Waals surface area contributed by atoms with Gasteiger partial charge in [0.25, 0.3) is 0 Å². The lowest BCUT2D eigenvalue weighted by Crippen LogP contribution is -2.30. The van der Waals surface area contributed by atoms with E-state index in [4.69, 9.17) is 19.2 Å². The van der Waals surface area contributed by atoms with Gasteiger partial charge in [0.05, 0.1) is 14.2 Å². The quantitative estimate of drug-likeness (QED) is 0.548. The highest BCUT2D eigenvalue weighted by molar-refractivity contribution is 5.87. The van der Waals surface area contributed by atoms with E-state index in [1.807, 2.05) is 31.3 Å². The third-order valence-corrected chi connectivity index (χ3v) is 4.32. The van der Waals surface area contributed by atoms with Crippen LogP contribution in [0, 0.1) is 0 Å².